The molecule has 3 N–H and O–H groups in total. The first-order valence-corrected chi connectivity index (χ1v) is 9.32. The molecule has 0 unspecified atom stereocenters. The zero-order valence-electron chi connectivity index (χ0n) is 15.5. The molecule has 1 aliphatic rings. The highest BCUT2D eigenvalue weighted by molar-refractivity contribution is 7.80. The fourth-order valence-electron chi connectivity index (χ4n) is 3.32. The summed E-state index contributed by atoms with van der Waals surface area (Å²) in [5, 5.41) is 3.76. The van der Waals surface area contributed by atoms with E-state index < -0.39 is 0 Å². The summed E-state index contributed by atoms with van der Waals surface area (Å²) in [6.45, 7) is 8.47. The van der Waals surface area contributed by atoms with Crippen molar-refractivity contribution in [3.8, 4) is 5.75 Å². The Hall–Kier alpha value is -1.82. The summed E-state index contributed by atoms with van der Waals surface area (Å²) >= 11 is 5.28. The third-order valence-electron chi connectivity index (χ3n) is 4.90. The Morgan fingerprint density at radius 1 is 1.16 bits per heavy atom. The van der Waals surface area contributed by atoms with Crippen LogP contribution in [0, 0.1) is 25.7 Å². The van der Waals surface area contributed by atoms with E-state index in [4.69, 9.17) is 17.0 Å². The fourth-order valence-corrected chi connectivity index (χ4v) is 3.52. The first-order chi connectivity index (χ1) is 11.8. The Labute approximate surface area is 155 Å². The lowest BCUT2D eigenvalue weighted by Gasteiger charge is -2.35. The van der Waals surface area contributed by atoms with Crippen LogP contribution in [0.25, 0.3) is 0 Å². The highest BCUT2D eigenvalue weighted by Gasteiger charge is 2.27. The molecule has 3 atom stereocenters. The van der Waals surface area contributed by atoms with E-state index in [9.17, 15) is 4.79 Å². The molecule has 0 saturated heterocycles. The highest BCUT2D eigenvalue weighted by atomic mass is 32.1. The molecule has 5 nitrogen and oxygen atoms in total. The summed E-state index contributed by atoms with van der Waals surface area (Å²) < 4.78 is 5.53. The number of nitrogens with one attached hydrogen (secondary N) is 3. The summed E-state index contributed by atoms with van der Waals surface area (Å²) in [6, 6.07) is 6.23. The van der Waals surface area contributed by atoms with Gasteiger partial charge in [0.05, 0.1) is 0 Å². The zero-order chi connectivity index (χ0) is 18.4. The van der Waals surface area contributed by atoms with Crippen LogP contribution in [0.5, 0.6) is 5.75 Å². The number of aryl methyl sites for hydroxylation is 2. The number of ether oxygens (including phenoxy) is 1. The maximum absolute atomic E-state index is 11.9. The van der Waals surface area contributed by atoms with Gasteiger partial charge in [0.15, 0.2) is 11.7 Å². The van der Waals surface area contributed by atoms with E-state index in [0.717, 1.165) is 17.5 Å². The fraction of sp³-hybridized carbons (Fsp3) is 0.579. The number of carbonyl (C=O) groups excluding carboxylic acids is 1. The van der Waals surface area contributed by atoms with Gasteiger partial charge in [0.25, 0.3) is 5.91 Å². The minimum atomic E-state index is -0.270. The monoisotopic (exact) mass is 363 g/mol. The van der Waals surface area contributed by atoms with Crippen LogP contribution in [0.4, 0.5) is 0 Å². The number of hydrazine groups is 1. The van der Waals surface area contributed by atoms with Crippen LogP contribution in [-0.4, -0.2) is 23.7 Å². The Morgan fingerprint density at radius 2 is 1.84 bits per heavy atom. The van der Waals surface area contributed by atoms with E-state index in [2.05, 4.69) is 36.1 Å². The van der Waals surface area contributed by atoms with Gasteiger partial charge in [-0.05, 0) is 67.6 Å². The molecule has 1 aliphatic carbocycles. The highest BCUT2D eigenvalue weighted by Crippen LogP contribution is 2.29. The average Bonchev–Trinajstić information content (AvgIpc) is 2.54. The number of amides is 1. The van der Waals surface area contributed by atoms with Gasteiger partial charge < -0.3 is 10.1 Å². The van der Waals surface area contributed by atoms with Crippen molar-refractivity contribution in [2.24, 2.45) is 11.8 Å². The number of rotatable bonds is 4. The van der Waals surface area contributed by atoms with E-state index in [1.807, 2.05) is 26.0 Å². The molecule has 1 aromatic rings. The third kappa shape index (κ3) is 6.20. The summed E-state index contributed by atoms with van der Waals surface area (Å²) in [6.07, 6.45) is 3.59. The molecule has 2 rings (SSSR count). The van der Waals surface area contributed by atoms with Crippen LogP contribution < -0.4 is 20.9 Å². The van der Waals surface area contributed by atoms with Crippen molar-refractivity contribution in [3.05, 3.63) is 29.3 Å². The first kappa shape index (κ1) is 19.5. The summed E-state index contributed by atoms with van der Waals surface area (Å²) in [4.78, 5) is 11.9. The number of thiocarbonyl (C=S) groups is 1. The lowest BCUT2D eigenvalue weighted by atomic mass is 9.78. The predicted octanol–water partition coefficient (Wildman–Crippen LogP) is 3.00. The lowest BCUT2D eigenvalue weighted by molar-refractivity contribution is -0.123. The average molecular weight is 364 g/mol. The summed E-state index contributed by atoms with van der Waals surface area (Å²) in [5.41, 5.74) is 7.56. The molecule has 0 aromatic heterocycles. The molecule has 0 aliphatic heterocycles. The van der Waals surface area contributed by atoms with Crippen molar-refractivity contribution in [2.75, 3.05) is 6.61 Å². The van der Waals surface area contributed by atoms with Crippen LogP contribution >= 0.6 is 12.2 Å². The van der Waals surface area contributed by atoms with Gasteiger partial charge in [0, 0.05) is 6.04 Å². The maximum atomic E-state index is 11.9. The molecule has 0 radical (unpaired) electrons. The molecule has 0 heterocycles. The molecule has 6 heteroatoms. The number of hydrogen-bond donors (Lipinski definition) is 3. The van der Waals surface area contributed by atoms with Gasteiger partial charge in [-0.2, -0.15) is 0 Å². The molecular formula is C19H29N3O2S. The van der Waals surface area contributed by atoms with Gasteiger partial charge in [-0.3, -0.25) is 15.6 Å². The van der Waals surface area contributed by atoms with Crippen molar-refractivity contribution in [3.63, 3.8) is 0 Å². The largest absolute Gasteiger partial charge is 0.484 e. The Morgan fingerprint density at radius 3 is 2.52 bits per heavy atom. The molecule has 1 amide bonds. The van der Waals surface area contributed by atoms with Gasteiger partial charge >= 0.3 is 0 Å². The normalized spacial score (nSPS) is 22.8. The Balaban J connectivity index is 1.71. The molecule has 1 fully saturated rings. The van der Waals surface area contributed by atoms with Crippen molar-refractivity contribution >= 4 is 23.2 Å². The molecule has 138 valence electrons. The van der Waals surface area contributed by atoms with E-state index in [1.165, 1.54) is 12.8 Å². The maximum Gasteiger partial charge on any atom is 0.276 e. The lowest BCUT2D eigenvalue weighted by Crippen LogP contribution is -2.53. The van der Waals surface area contributed by atoms with Gasteiger partial charge in [-0.15, -0.1) is 0 Å². The second-order valence-corrected chi connectivity index (χ2v) is 7.54. The van der Waals surface area contributed by atoms with Crippen molar-refractivity contribution in [1.82, 2.24) is 16.2 Å². The van der Waals surface area contributed by atoms with Crippen LogP contribution in [0.2, 0.25) is 0 Å². The standard InChI is InChI=1S/C19H29N3O2S/c1-12-8-13(2)10-16(9-12)24-11-18(23)21-22-19(25)20-17-7-5-6-14(3)15(17)4/h8-10,14-15,17H,5-7,11H2,1-4H3,(H,21,23)(H2,20,22,25)/t14-,15-,17-/m0/s1. The molecule has 0 spiro atoms. The van der Waals surface area contributed by atoms with Crippen molar-refractivity contribution in [2.45, 2.75) is 53.0 Å². The topological polar surface area (TPSA) is 62.4 Å². The molecule has 1 saturated carbocycles. The molecule has 25 heavy (non-hydrogen) atoms. The van der Waals surface area contributed by atoms with Gasteiger partial charge in [0.2, 0.25) is 0 Å². The van der Waals surface area contributed by atoms with E-state index in [1.54, 1.807) is 0 Å². The van der Waals surface area contributed by atoms with Crippen molar-refractivity contribution in [1.29, 1.82) is 0 Å². The van der Waals surface area contributed by atoms with E-state index in [-0.39, 0.29) is 12.5 Å². The molecular weight excluding hydrogens is 334 g/mol. The van der Waals surface area contributed by atoms with Gasteiger partial charge in [0.1, 0.15) is 5.75 Å². The summed E-state index contributed by atoms with van der Waals surface area (Å²) in [5.74, 6) is 1.68. The smallest absolute Gasteiger partial charge is 0.276 e. The minimum Gasteiger partial charge on any atom is -0.484 e. The number of benzene rings is 1. The zero-order valence-corrected chi connectivity index (χ0v) is 16.3. The second kappa shape index (κ2) is 9.04. The minimum absolute atomic E-state index is 0.0601. The second-order valence-electron chi connectivity index (χ2n) is 7.13. The quantitative estimate of drug-likeness (QED) is 0.567. The first-order valence-electron chi connectivity index (χ1n) is 8.91. The van der Waals surface area contributed by atoms with Gasteiger partial charge in [-0.1, -0.05) is 32.8 Å². The SMILES string of the molecule is Cc1cc(C)cc(OCC(=O)NNC(=S)N[C@H]2CCC[C@H](C)[C@@H]2C)c1. The molecule has 0 bridgehead atoms. The van der Waals surface area contributed by atoms with Crippen LogP contribution in [0.3, 0.4) is 0 Å². The number of hydrogen-bond acceptors (Lipinski definition) is 3. The summed E-state index contributed by atoms with van der Waals surface area (Å²) in [7, 11) is 0. The Kier molecular flexibility index (Phi) is 7.05. The van der Waals surface area contributed by atoms with E-state index >= 15 is 0 Å². The van der Waals surface area contributed by atoms with Crippen LogP contribution in [-0.2, 0) is 4.79 Å². The van der Waals surface area contributed by atoms with Crippen LogP contribution in [0.1, 0.15) is 44.2 Å². The Bertz CT molecular complexity index is 600. The predicted molar refractivity (Wildman–Crippen MR) is 104 cm³/mol. The van der Waals surface area contributed by atoms with E-state index in [0.29, 0.717) is 28.7 Å². The van der Waals surface area contributed by atoms with Crippen molar-refractivity contribution < 1.29 is 9.53 Å². The molecule has 1 aromatic carbocycles. The van der Waals surface area contributed by atoms with Gasteiger partial charge in [-0.25, -0.2) is 0 Å². The third-order valence-corrected chi connectivity index (χ3v) is 5.12. The number of carbonyl (C=O) groups is 1. The van der Waals surface area contributed by atoms with Crippen LogP contribution in [0.15, 0.2) is 18.2 Å².